The lowest BCUT2D eigenvalue weighted by Crippen LogP contribution is -2.38. The van der Waals surface area contributed by atoms with Crippen LogP contribution in [0.15, 0.2) is 24.3 Å². The third-order valence-electron chi connectivity index (χ3n) is 4.36. The minimum absolute atomic E-state index is 0.279. The van der Waals surface area contributed by atoms with E-state index in [-0.39, 0.29) is 5.91 Å². The molecule has 1 saturated heterocycles. The highest BCUT2D eigenvalue weighted by molar-refractivity contribution is 7.99. The fraction of sp³-hybridized carbons (Fsp3) is 0.588. The van der Waals surface area contributed by atoms with Crippen LogP contribution in [0, 0.1) is 0 Å². The van der Waals surface area contributed by atoms with Crippen molar-refractivity contribution in [1.82, 2.24) is 9.80 Å². The molecule has 3 rings (SSSR count). The summed E-state index contributed by atoms with van der Waals surface area (Å²) in [5, 5.41) is 0. The normalized spacial score (nSPS) is 19.0. The van der Waals surface area contributed by atoms with Crippen molar-refractivity contribution in [3.63, 3.8) is 0 Å². The second kappa shape index (κ2) is 7.99. The van der Waals surface area contributed by atoms with Crippen molar-refractivity contribution in [2.45, 2.75) is 13.0 Å². The number of fused-ring (bicyclic) bond motifs is 1. The van der Waals surface area contributed by atoms with Crippen molar-refractivity contribution < 1.29 is 9.53 Å². The second-order valence-corrected chi connectivity index (χ2v) is 6.95. The first-order valence-corrected chi connectivity index (χ1v) is 9.21. The lowest BCUT2D eigenvalue weighted by Gasteiger charge is -2.29. The van der Waals surface area contributed by atoms with Crippen LogP contribution in [0.25, 0.3) is 0 Å². The van der Waals surface area contributed by atoms with Crippen LogP contribution in [0.4, 0.5) is 0 Å². The van der Waals surface area contributed by atoms with E-state index in [4.69, 9.17) is 4.74 Å². The highest BCUT2D eigenvalue weighted by Crippen LogP contribution is 2.19. The van der Waals surface area contributed by atoms with E-state index in [1.165, 1.54) is 11.1 Å². The van der Waals surface area contributed by atoms with Crippen molar-refractivity contribution in [2.75, 3.05) is 50.9 Å². The Morgan fingerprint density at radius 3 is 2.73 bits per heavy atom. The van der Waals surface area contributed by atoms with Gasteiger partial charge >= 0.3 is 0 Å². The molecule has 2 aliphatic rings. The van der Waals surface area contributed by atoms with Gasteiger partial charge in [0.05, 0.1) is 19.0 Å². The van der Waals surface area contributed by atoms with Crippen LogP contribution in [0.1, 0.15) is 11.1 Å². The van der Waals surface area contributed by atoms with Gasteiger partial charge in [-0.1, -0.05) is 24.3 Å². The minimum Gasteiger partial charge on any atom is -0.379 e. The summed E-state index contributed by atoms with van der Waals surface area (Å²) in [6, 6.07) is 8.45. The van der Waals surface area contributed by atoms with Gasteiger partial charge in [0, 0.05) is 38.5 Å². The molecule has 0 unspecified atom stereocenters. The molecule has 0 bridgehead atoms. The lowest BCUT2D eigenvalue weighted by molar-refractivity contribution is -0.129. The molecule has 4 nitrogen and oxygen atoms in total. The first-order valence-electron chi connectivity index (χ1n) is 8.05. The molecule has 120 valence electrons. The smallest absolute Gasteiger partial charge is 0.232 e. The van der Waals surface area contributed by atoms with Crippen LogP contribution in [0.2, 0.25) is 0 Å². The summed E-state index contributed by atoms with van der Waals surface area (Å²) in [4.78, 5) is 16.7. The molecule has 0 saturated carbocycles. The predicted octanol–water partition coefficient (Wildman–Crippen LogP) is 1.64. The summed E-state index contributed by atoms with van der Waals surface area (Å²) in [5.41, 5.74) is 2.70. The van der Waals surface area contributed by atoms with Gasteiger partial charge < -0.3 is 9.64 Å². The fourth-order valence-electron chi connectivity index (χ4n) is 2.98. The van der Waals surface area contributed by atoms with E-state index in [1.54, 1.807) is 11.8 Å². The van der Waals surface area contributed by atoms with Gasteiger partial charge in [-0.15, -0.1) is 0 Å². The van der Waals surface area contributed by atoms with Gasteiger partial charge in [-0.3, -0.25) is 9.69 Å². The number of ether oxygens (including phenoxy) is 1. The van der Waals surface area contributed by atoms with Crippen molar-refractivity contribution in [1.29, 1.82) is 0 Å². The zero-order valence-electron chi connectivity index (χ0n) is 13.0. The number of carbonyl (C=O) groups is 1. The van der Waals surface area contributed by atoms with Crippen molar-refractivity contribution >= 4 is 17.7 Å². The van der Waals surface area contributed by atoms with Crippen molar-refractivity contribution in [3.8, 4) is 0 Å². The number of morpholine rings is 1. The van der Waals surface area contributed by atoms with Crippen LogP contribution in [0.3, 0.4) is 0 Å². The van der Waals surface area contributed by atoms with Crippen molar-refractivity contribution in [3.05, 3.63) is 35.4 Å². The average molecular weight is 320 g/mol. The summed E-state index contributed by atoms with van der Waals surface area (Å²) in [7, 11) is 0. The van der Waals surface area contributed by atoms with E-state index in [0.717, 1.165) is 58.1 Å². The zero-order valence-corrected chi connectivity index (χ0v) is 13.8. The van der Waals surface area contributed by atoms with E-state index >= 15 is 0 Å². The zero-order chi connectivity index (χ0) is 15.2. The van der Waals surface area contributed by atoms with E-state index < -0.39 is 0 Å². The van der Waals surface area contributed by atoms with Crippen molar-refractivity contribution in [2.24, 2.45) is 0 Å². The summed E-state index contributed by atoms with van der Waals surface area (Å²) in [6.45, 7) is 6.44. The largest absolute Gasteiger partial charge is 0.379 e. The molecule has 1 amide bonds. The Morgan fingerprint density at radius 2 is 1.91 bits per heavy atom. The molecule has 0 aromatic heterocycles. The lowest BCUT2D eigenvalue weighted by atomic mass is 10.00. The summed E-state index contributed by atoms with van der Waals surface area (Å²) in [5.74, 6) is 1.91. The number of thioether (sulfide) groups is 1. The molecular formula is C17H24N2O2S. The molecule has 2 aliphatic heterocycles. The minimum atomic E-state index is 0.279. The Bertz CT molecular complexity index is 503. The van der Waals surface area contributed by atoms with Gasteiger partial charge in [-0.05, 0) is 17.5 Å². The number of benzene rings is 1. The van der Waals surface area contributed by atoms with E-state index in [2.05, 4.69) is 29.2 Å². The number of nitrogens with zero attached hydrogens (tertiary/aromatic N) is 2. The van der Waals surface area contributed by atoms with Gasteiger partial charge in [0.15, 0.2) is 0 Å². The van der Waals surface area contributed by atoms with Crippen LogP contribution >= 0.6 is 11.8 Å². The molecule has 0 spiro atoms. The van der Waals surface area contributed by atoms with Crippen LogP contribution in [-0.2, 0) is 22.5 Å². The summed E-state index contributed by atoms with van der Waals surface area (Å²) >= 11 is 1.76. The second-order valence-electron chi connectivity index (χ2n) is 5.84. The highest BCUT2D eigenvalue weighted by atomic mass is 32.2. The monoisotopic (exact) mass is 320 g/mol. The molecule has 1 aromatic carbocycles. The third-order valence-corrected chi connectivity index (χ3v) is 5.29. The molecular weight excluding hydrogens is 296 g/mol. The molecule has 1 fully saturated rings. The maximum Gasteiger partial charge on any atom is 0.232 e. The van der Waals surface area contributed by atoms with Crippen LogP contribution < -0.4 is 0 Å². The maximum absolute atomic E-state index is 12.3. The van der Waals surface area contributed by atoms with Gasteiger partial charge in [-0.25, -0.2) is 0 Å². The Kier molecular flexibility index (Phi) is 5.76. The van der Waals surface area contributed by atoms with Gasteiger partial charge in [0.2, 0.25) is 5.91 Å². The van der Waals surface area contributed by atoms with Gasteiger partial charge in [-0.2, -0.15) is 11.8 Å². The summed E-state index contributed by atoms with van der Waals surface area (Å²) < 4.78 is 5.34. The SMILES string of the molecule is O=C(CSCCN1CCOCC1)N1CCc2ccccc2C1. The van der Waals surface area contributed by atoms with Crippen LogP contribution in [0.5, 0.6) is 0 Å². The maximum atomic E-state index is 12.3. The molecule has 0 N–H and O–H groups in total. The Morgan fingerprint density at radius 1 is 1.14 bits per heavy atom. The van der Waals surface area contributed by atoms with Gasteiger partial charge in [0.1, 0.15) is 0 Å². The number of rotatable bonds is 5. The molecule has 1 aromatic rings. The number of carbonyl (C=O) groups excluding carboxylic acids is 1. The molecule has 22 heavy (non-hydrogen) atoms. The highest BCUT2D eigenvalue weighted by Gasteiger charge is 2.20. The van der Waals surface area contributed by atoms with E-state index in [0.29, 0.717) is 5.75 Å². The molecule has 5 heteroatoms. The van der Waals surface area contributed by atoms with E-state index in [1.807, 2.05) is 4.90 Å². The molecule has 0 radical (unpaired) electrons. The first-order chi connectivity index (χ1) is 10.8. The Labute approximate surface area is 136 Å². The molecule has 2 heterocycles. The standard InChI is InChI=1S/C17H24N2O2S/c20-17(14-22-12-9-18-7-10-21-11-8-18)19-6-5-15-3-1-2-4-16(15)13-19/h1-4H,5-14H2. The van der Waals surface area contributed by atoms with Gasteiger partial charge in [0.25, 0.3) is 0 Å². The first kappa shape index (κ1) is 15.8. The Hall–Kier alpha value is -1.04. The Balaban J connectivity index is 1.37. The third kappa shape index (κ3) is 4.24. The average Bonchev–Trinajstić information content (AvgIpc) is 2.59. The topological polar surface area (TPSA) is 32.8 Å². The summed E-state index contributed by atoms with van der Waals surface area (Å²) in [6.07, 6.45) is 0.986. The molecule has 0 atom stereocenters. The predicted molar refractivity (Wildman–Crippen MR) is 90.1 cm³/mol. The van der Waals surface area contributed by atoms with E-state index in [9.17, 15) is 4.79 Å². The number of hydrogen-bond donors (Lipinski definition) is 0. The number of hydrogen-bond acceptors (Lipinski definition) is 4. The quantitative estimate of drug-likeness (QED) is 0.772. The van der Waals surface area contributed by atoms with Crippen LogP contribution in [-0.4, -0.2) is 66.6 Å². The number of amides is 1. The molecule has 0 aliphatic carbocycles. The fourth-order valence-corrected chi connectivity index (χ4v) is 3.87.